The number of carbonyl (C=O) groups is 1. The van der Waals surface area contributed by atoms with E-state index in [1.54, 1.807) is 31.2 Å². The van der Waals surface area contributed by atoms with E-state index in [0.717, 1.165) is 19.4 Å². The maximum Gasteiger partial charge on any atom is 0.290 e. The zero-order chi connectivity index (χ0) is 18.5. The molecule has 1 unspecified atom stereocenters. The lowest BCUT2D eigenvalue weighted by molar-refractivity contribution is 0.0937. The first-order valence-electron chi connectivity index (χ1n) is 8.55. The van der Waals surface area contributed by atoms with Crippen LogP contribution in [-0.4, -0.2) is 40.1 Å². The Balaban J connectivity index is 1.68. The summed E-state index contributed by atoms with van der Waals surface area (Å²) in [4.78, 5) is 24.9. The Morgan fingerprint density at radius 3 is 2.81 bits per heavy atom. The van der Waals surface area contributed by atoms with E-state index in [1.807, 2.05) is 0 Å². The number of carbonyl (C=O) groups excluding carboxylic acids is 1. The molecule has 0 saturated carbocycles. The predicted molar refractivity (Wildman–Crippen MR) is 102 cm³/mol. The van der Waals surface area contributed by atoms with Crippen molar-refractivity contribution in [2.45, 2.75) is 32.4 Å². The van der Waals surface area contributed by atoms with Crippen LogP contribution in [0.1, 0.15) is 30.3 Å². The van der Waals surface area contributed by atoms with Gasteiger partial charge < -0.3 is 10.1 Å². The van der Waals surface area contributed by atoms with Crippen molar-refractivity contribution in [3.8, 4) is 0 Å². The summed E-state index contributed by atoms with van der Waals surface area (Å²) in [6.07, 6.45) is 2.19. The molecule has 2 heterocycles. The van der Waals surface area contributed by atoms with E-state index in [4.69, 9.17) is 17.0 Å². The third kappa shape index (κ3) is 4.00. The molecule has 0 bridgehead atoms. The van der Waals surface area contributed by atoms with Crippen molar-refractivity contribution in [2.75, 3.05) is 13.2 Å². The van der Waals surface area contributed by atoms with Crippen LogP contribution in [0.2, 0.25) is 0 Å². The number of ether oxygens (including phenoxy) is 1. The van der Waals surface area contributed by atoms with E-state index < -0.39 is 5.91 Å². The topological polar surface area (TPSA) is 97.3 Å². The number of thiocarbonyl (C=S) groups is 1. The SMILES string of the molecule is CCn1nc(C(=O)NNC(=S)NCC2CCCO2)c2ccccc2c1=O. The molecule has 0 spiro atoms. The van der Waals surface area contributed by atoms with Crippen LogP contribution in [0, 0.1) is 0 Å². The van der Waals surface area contributed by atoms with Crippen LogP contribution < -0.4 is 21.7 Å². The molecule has 1 fully saturated rings. The highest BCUT2D eigenvalue weighted by molar-refractivity contribution is 7.80. The molecule has 1 aliphatic heterocycles. The predicted octanol–water partition coefficient (Wildman–Crippen LogP) is 0.704. The van der Waals surface area contributed by atoms with Crippen LogP contribution in [-0.2, 0) is 11.3 Å². The number of aromatic nitrogens is 2. The molecule has 8 nitrogen and oxygen atoms in total. The fraction of sp³-hybridized carbons (Fsp3) is 0.412. The highest BCUT2D eigenvalue weighted by Crippen LogP contribution is 2.13. The maximum atomic E-state index is 12.5. The van der Waals surface area contributed by atoms with Crippen molar-refractivity contribution in [1.29, 1.82) is 0 Å². The molecule has 1 saturated heterocycles. The number of aryl methyl sites for hydroxylation is 1. The molecule has 1 atom stereocenters. The number of nitrogens with one attached hydrogen (secondary N) is 3. The van der Waals surface area contributed by atoms with E-state index >= 15 is 0 Å². The van der Waals surface area contributed by atoms with Crippen molar-refractivity contribution in [3.63, 3.8) is 0 Å². The Hall–Kier alpha value is -2.52. The molecular formula is C17H21N5O3S. The summed E-state index contributed by atoms with van der Waals surface area (Å²) in [6.45, 7) is 3.53. The minimum absolute atomic E-state index is 0.143. The lowest BCUT2D eigenvalue weighted by Crippen LogP contribution is -2.48. The Labute approximate surface area is 155 Å². The molecule has 138 valence electrons. The molecule has 2 aromatic rings. The van der Waals surface area contributed by atoms with Gasteiger partial charge in [-0.25, -0.2) is 4.68 Å². The summed E-state index contributed by atoms with van der Waals surface area (Å²) in [5.74, 6) is -0.468. The summed E-state index contributed by atoms with van der Waals surface area (Å²) < 4.78 is 6.77. The van der Waals surface area contributed by atoms with E-state index in [2.05, 4.69) is 21.3 Å². The average molecular weight is 375 g/mol. The van der Waals surface area contributed by atoms with Crippen LogP contribution in [0.4, 0.5) is 0 Å². The molecule has 1 amide bonds. The Kier molecular flexibility index (Phi) is 5.79. The van der Waals surface area contributed by atoms with Crippen LogP contribution in [0.15, 0.2) is 29.1 Å². The minimum atomic E-state index is -0.468. The first-order chi connectivity index (χ1) is 12.6. The molecule has 3 rings (SSSR count). The van der Waals surface area contributed by atoms with Gasteiger partial charge in [-0.1, -0.05) is 18.2 Å². The van der Waals surface area contributed by atoms with Gasteiger partial charge >= 0.3 is 0 Å². The summed E-state index contributed by atoms with van der Waals surface area (Å²) in [5.41, 5.74) is 5.13. The lowest BCUT2D eigenvalue weighted by Gasteiger charge is -2.15. The van der Waals surface area contributed by atoms with Gasteiger partial charge in [-0.15, -0.1) is 0 Å². The van der Waals surface area contributed by atoms with Crippen LogP contribution in [0.25, 0.3) is 10.8 Å². The second kappa shape index (κ2) is 8.24. The zero-order valence-corrected chi connectivity index (χ0v) is 15.3. The number of benzene rings is 1. The number of amides is 1. The third-order valence-corrected chi connectivity index (χ3v) is 4.43. The maximum absolute atomic E-state index is 12.5. The van der Waals surface area contributed by atoms with Crippen molar-refractivity contribution in [2.24, 2.45) is 0 Å². The van der Waals surface area contributed by atoms with Crippen LogP contribution in [0.5, 0.6) is 0 Å². The number of hydrazine groups is 1. The lowest BCUT2D eigenvalue weighted by atomic mass is 10.1. The van der Waals surface area contributed by atoms with E-state index in [-0.39, 0.29) is 17.4 Å². The number of fused-ring (bicyclic) bond motifs is 1. The van der Waals surface area contributed by atoms with Gasteiger partial charge in [0.2, 0.25) is 0 Å². The standard InChI is InChI=1S/C17H21N5O3S/c1-2-22-16(24)13-8-4-3-7-12(13)14(21-22)15(23)19-20-17(26)18-10-11-6-5-9-25-11/h3-4,7-8,11H,2,5-6,9-10H2,1H3,(H,19,23)(H2,18,20,26). The van der Waals surface area contributed by atoms with Gasteiger partial charge in [0.25, 0.3) is 11.5 Å². The molecule has 3 N–H and O–H groups in total. The number of nitrogens with zero attached hydrogens (tertiary/aromatic N) is 2. The van der Waals surface area contributed by atoms with Crippen molar-refractivity contribution >= 4 is 34.0 Å². The van der Waals surface area contributed by atoms with Crippen molar-refractivity contribution in [1.82, 2.24) is 25.9 Å². The average Bonchev–Trinajstić information content (AvgIpc) is 3.18. The van der Waals surface area contributed by atoms with Crippen molar-refractivity contribution in [3.05, 3.63) is 40.3 Å². The largest absolute Gasteiger partial charge is 0.376 e. The molecular weight excluding hydrogens is 354 g/mol. The zero-order valence-electron chi connectivity index (χ0n) is 14.4. The third-order valence-electron chi connectivity index (χ3n) is 4.19. The normalized spacial score (nSPS) is 16.4. The van der Waals surface area contributed by atoms with Gasteiger partial charge in [-0.2, -0.15) is 5.10 Å². The molecule has 0 aliphatic carbocycles. The number of hydrogen-bond acceptors (Lipinski definition) is 5. The van der Waals surface area contributed by atoms with Crippen LogP contribution >= 0.6 is 12.2 Å². The van der Waals surface area contributed by atoms with Gasteiger partial charge in [0.1, 0.15) is 0 Å². The van der Waals surface area contributed by atoms with E-state index in [1.165, 1.54) is 4.68 Å². The summed E-state index contributed by atoms with van der Waals surface area (Å²) in [5, 5.41) is 8.43. The summed E-state index contributed by atoms with van der Waals surface area (Å²) >= 11 is 5.15. The second-order valence-corrected chi connectivity index (χ2v) is 6.35. The Bertz CT molecular complexity index is 876. The fourth-order valence-electron chi connectivity index (χ4n) is 2.85. The van der Waals surface area contributed by atoms with Crippen LogP contribution in [0.3, 0.4) is 0 Å². The van der Waals surface area contributed by atoms with E-state index in [9.17, 15) is 9.59 Å². The Morgan fingerprint density at radius 1 is 1.35 bits per heavy atom. The minimum Gasteiger partial charge on any atom is -0.376 e. The van der Waals surface area contributed by atoms with Gasteiger partial charge in [-0.3, -0.25) is 20.4 Å². The first-order valence-corrected chi connectivity index (χ1v) is 8.96. The fourth-order valence-corrected chi connectivity index (χ4v) is 2.98. The molecule has 0 radical (unpaired) electrons. The highest BCUT2D eigenvalue weighted by atomic mass is 32.1. The molecule has 1 aromatic carbocycles. The van der Waals surface area contributed by atoms with E-state index in [0.29, 0.717) is 29.0 Å². The van der Waals surface area contributed by atoms with Gasteiger partial charge in [0.15, 0.2) is 10.8 Å². The smallest absolute Gasteiger partial charge is 0.290 e. The van der Waals surface area contributed by atoms with Gasteiger partial charge in [0.05, 0.1) is 11.5 Å². The monoisotopic (exact) mass is 375 g/mol. The molecule has 1 aromatic heterocycles. The number of hydrogen-bond donors (Lipinski definition) is 3. The van der Waals surface area contributed by atoms with Gasteiger partial charge in [0, 0.05) is 25.1 Å². The van der Waals surface area contributed by atoms with Gasteiger partial charge in [-0.05, 0) is 38.0 Å². The molecule has 9 heteroatoms. The Morgan fingerprint density at radius 2 is 2.12 bits per heavy atom. The summed E-state index contributed by atoms with van der Waals surface area (Å²) in [6, 6.07) is 6.90. The molecule has 26 heavy (non-hydrogen) atoms. The summed E-state index contributed by atoms with van der Waals surface area (Å²) in [7, 11) is 0. The number of rotatable bonds is 4. The molecule has 1 aliphatic rings. The quantitative estimate of drug-likeness (QED) is 0.535. The first kappa shape index (κ1) is 18.3. The second-order valence-electron chi connectivity index (χ2n) is 5.94. The highest BCUT2D eigenvalue weighted by Gasteiger charge is 2.17. The van der Waals surface area contributed by atoms with Crippen molar-refractivity contribution < 1.29 is 9.53 Å².